The third-order valence-corrected chi connectivity index (χ3v) is 6.99. The number of likely N-dealkylation sites (tertiary alicyclic amines) is 1. The molecule has 1 aromatic carbocycles. The number of aryl methyl sites for hydroxylation is 2. The fourth-order valence-electron chi connectivity index (χ4n) is 5.03. The summed E-state index contributed by atoms with van der Waals surface area (Å²) >= 11 is 0. The molecular formula is C23H28N6O2. The van der Waals surface area contributed by atoms with E-state index < -0.39 is 0 Å². The number of carbonyl (C=O) groups excluding carboxylic acids is 2. The Hall–Kier alpha value is -3.16. The fourth-order valence-corrected chi connectivity index (χ4v) is 5.03. The summed E-state index contributed by atoms with van der Waals surface area (Å²) < 4.78 is 3.79. The number of imidazole rings is 1. The topological polar surface area (TPSA) is 85.0 Å². The van der Waals surface area contributed by atoms with E-state index in [4.69, 9.17) is 0 Å². The molecule has 0 unspecified atom stereocenters. The molecule has 0 bridgehead atoms. The van der Waals surface area contributed by atoms with E-state index in [1.165, 1.54) is 0 Å². The van der Waals surface area contributed by atoms with Crippen LogP contribution in [-0.4, -0.2) is 49.1 Å². The zero-order chi connectivity index (χ0) is 21.5. The first kappa shape index (κ1) is 19.8. The number of hydrogen-bond acceptors (Lipinski definition) is 4. The molecule has 162 valence electrons. The molecule has 8 heteroatoms. The van der Waals surface area contributed by atoms with Gasteiger partial charge in [-0.15, -0.1) is 0 Å². The highest BCUT2D eigenvalue weighted by Crippen LogP contribution is 2.45. The van der Waals surface area contributed by atoms with Crippen molar-refractivity contribution >= 4 is 22.8 Å². The minimum Gasteiger partial charge on any atom is -0.349 e. The first-order valence-electron chi connectivity index (χ1n) is 11.1. The standard InChI is InChI=1S/C23H28N6O2/c1-3-29-11-9-19(26-29)23(31)28-10-8-15-12-16(17(15)14-28)22(30)24-13-21-25-18-6-4-5-7-20(18)27(21)2/h4-7,9,11,15-17H,3,8,10,12-14H2,1-2H3,(H,24,30)/t15-,16-,17-/m1/s1. The maximum absolute atomic E-state index is 12.9. The number of benzene rings is 1. The minimum atomic E-state index is -0.0384. The maximum Gasteiger partial charge on any atom is 0.274 e. The van der Waals surface area contributed by atoms with E-state index in [9.17, 15) is 9.59 Å². The smallest absolute Gasteiger partial charge is 0.274 e. The van der Waals surface area contributed by atoms with Gasteiger partial charge in [0.15, 0.2) is 0 Å². The summed E-state index contributed by atoms with van der Waals surface area (Å²) in [6.45, 7) is 4.53. The van der Waals surface area contributed by atoms with Crippen molar-refractivity contribution in [3.05, 3.63) is 48.0 Å². The van der Waals surface area contributed by atoms with Gasteiger partial charge in [0.2, 0.25) is 5.91 Å². The SMILES string of the molecule is CCn1ccc(C(=O)N2CC[C@@H]3C[C@@H](C(=O)NCc4nc5ccccc5n4C)[C@@H]3C2)n1. The highest BCUT2D eigenvalue weighted by atomic mass is 16.2. The number of fused-ring (bicyclic) bond motifs is 2. The molecule has 3 aromatic rings. The number of nitrogens with zero attached hydrogens (tertiary/aromatic N) is 5. The van der Waals surface area contributed by atoms with Crippen LogP contribution in [0.5, 0.6) is 0 Å². The molecule has 1 aliphatic carbocycles. The first-order valence-corrected chi connectivity index (χ1v) is 11.1. The lowest BCUT2D eigenvalue weighted by atomic mass is 9.61. The summed E-state index contributed by atoms with van der Waals surface area (Å²) in [5, 5.41) is 7.43. The van der Waals surface area contributed by atoms with Gasteiger partial charge < -0.3 is 14.8 Å². The molecule has 2 aromatic heterocycles. The molecule has 0 radical (unpaired) electrons. The van der Waals surface area contributed by atoms with E-state index in [0.29, 0.717) is 24.7 Å². The molecule has 1 saturated heterocycles. The van der Waals surface area contributed by atoms with Crippen molar-refractivity contribution in [3.63, 3.8) is 0 Å². The van der Waals surface area contributed by atoms with Gasteiger partial charge in [-0.1, -0.05) is 12.1 Å². The number of nitrogens with one attached hydrogen (secondary N) is 1. The van der Waals surface area contributed by atoms with Crippen LogP contribution in [0.25, 0.3) is 11.0 Å². The van der Waals surface area contributed by atoms with Crippen LogP contribution in [0.4, 0.5) is 0 Å². The van der Waals surface area contributed by atoms with E-state index in [2.05, 4.69) is 15.4 Å². The van der Waals surface area contributed by atoms with Gasteiger partial charge in [0.25, 0.3) is 5.91 Å². The second kappa shape index (κ2) is 7.83. The zero-order valence-electron chi connectivity index (χ0n) is 18.0. The van der Waals surface area contributed by atoms with Crippen molar-refractivity contribution in [2.75, 3.05) is 13.1 Å². The summed E-state index contributed by atoms with van der Waals surface area (Å²) in [6, 6.07) is 9.74. The van der Waals surface area contributed by atoms with Crippen LogP contribution in [0.2, 0.25) is 0 Å². The summed E-state index contributed by atoms with van der Waals surface area (Å²) in [5.41, 5.74) is 2.48. The van der Waals surface area contributed by atoms with Crippen LogP contribution in [0.3, 0.4) is 0 Å². The second-order valence-corrected chi connectivity index (χ2v) is 8.66. The van der Waals surface area contributed by atoms with E-state index in [-0.39, 0.29) is 23.7 Å². The Morgan fingerprint density at radius 3 is 2.84 bits per heavy atom. The molecule has 1 saturated carbocycles. The molecule has 0 spiro atoms. The Balaban J connectivity index is 1.21. The monoisotopic (exact) mass is 420 g/mol. The predicted octanol–water partition coefficient (Wildman–Crippen LogP) is 2.20. The molecule has 2 fully saturated rings. The van der Waals surface area contributed by atoms with Crippen molar-refractivity contribution in [2.45, 2.75) is 32.9 Å². The lowest BCUT2D eigenvalue weighted by Gasteiger charge is -2.50. The van der Waals surface area contributed by atoms with Gasteiger partial charge in [-0.25, -0.2) is 4.98 Å². The Morgan fingerprint density at radius 1 is 1.23 bits per heavy atom. The quantitative estimate of drug-likeness (QED) is 0.686. The number of hydrogen-bond donors (Lipinski definition) is 1. The Kier molecular flexibility index (Phi) is 5.00. The number of para-hydroxylation sites is 2. The van der Waals surface area contributed by atoms with Crippen molar-refractivity contribution in [3.8, 4) is 0 Å². The highest BCUT2D eigenvalue weighted by molar-refractivity contribution is 5.92. The summed E-state index contributed by atoms with van der Waals surface area (Å²) in [7, 11) is 1.97. The first-order chi connectivity index (χ1) is 15.0. The normalized spacial score (nSPS) is 22.8. The number of piperidine rings is 1. The Labute approximate surface area is 181 Å². The second-order valence-electron chi connectivity index (χ2n) is 8.66. The molecule has 3 atom stereocenters. The van der Waals surface area contributed by atoms with Gasteiger partial charge in [0, 0.05) is 38.8 Å². The van der Waals surface area contributed by atoms with E-state index >= 15 is 0 Å². The third kappa shape index (κ3) is 3.49. The molecule has 31 heavy (non-hydrogen) atoms. The molecule has 8 nitrogen and oxygen atoms in total. The van der Waals surface area contributed by atoms with Crippen LogP contribution in [0, 0.1) is 17.8 Å². The van der Waals surface area contributed by atoms with E-state index in [1.54, 1.807) is 10.7 Å². The average Bonchev–Trinajstić information content (AvgIpc) is 3.38. The molecular weight excluding hydrogens is 392 g/mol. The minimum absolute atomic E-state index is 0.0311. The van der Waals surface area contributed by atoms with Crippen molar-refractivity contribution < 1.29 is 9.59 Å². The van der Waals surface area contributed by atoms with Crippen molar-refractivity contribution in [1.82, 2.24) is 29.5 Å². The number of carbonyl (C=O) groups is 2. The molecule has 1 aliphatic heterocycles. The van der Waals surface area contributed by atoms with Crippen LogP contribution in [-0.2, 0) is 24.9 Å². The average molecular weight is 421 g/mol. The molecule has 2 aliphatic rings. The van der Waals surface area contributed by atoms with Crippen LogP contribution in [0.1, 0.15) is 36.1 Å². The molecule has 3 heterocycles. The van der Waals surface area contributed by atoms with Gasteiger partial charge in [-0.3, -0.25) is 14.3 Å². The van der Waals surface area contributed by atoms with Crippen molar-refractivity contribution in [1.29, 1.82) is 0 Å². The van der Waals surface area contributed by atoms with E-state index in [0.717, 1.165) is 42.8 Å². The van der Waals surface area contributed by atoms with Gasteiger partial charge in [0.05, 0.1) is 17.6 Å². The van der Waals surface area contributed by atoms with Crippen LogP contribution in [0.15, 0.2) is 36.5 Å². The van der Waals surface area contributed by atoms with Gasteiger partial charge in [-0.05, 0) is 49.8 Å². The van der Waals surface area contributed by atoms with Crippen LogP contribution < -0.4 is 5.32 Å². The number of aromatic nitrogens is 4. The predicted molar refractivity (Wildman–Crippen MR) is 116 cm³/mol. The Bertz CT molecular complexity index is 1130. The number of rotatable bonds is 5. The molecule has 1 N–H and O–H groups in total. The number of amides is 2. The molecule has 5 rings (SSSR count). The van der Waals surface area contributed by atoms with Gasteiger partial charge in [-0.2, -0.15) is 5.10 Å². The third-order valence-electron chi connectivity index (χ3n) is 6.99. The zero-order valence-corrected chi connectivity index (χ0v) is 18.0. The highest BCUT2D eigenvalue weighted by Gasteiger charge is 2.48. The molecule has 2 amide bonds. The lowest BCUT2D eigenvalue weighted by molar-refractivity contribution is -0.136. The lowest BCUT2D eigenvalue weighted by Crippen LogP contribution is -2.56. The summed E-state index contributed by atoms with van der Waals surface area (Å²) in [6.07, 6.45) is 3.70. The van der Waals surface area contributed by atoms with Crippen LogP contribution >= 0.6 is 0 Å². The van der Waals surface area contributed by atoms with Gasteiger partial charge in [0.1, 0.15) is 11.5 Å². The van der Waals surface area contributed by atoms with Gasteiger partial charge >= 0.3 is 0 Å². The fraction of sp³-hybridized carbons (Fsp3) is 0.478. The largest absolute Gasteiger partial charge is 0.349 e. The summed E-state index contributed by atoms with van der Waals surface area (Å²) in [4.78, 5) is 32.3. The van der Waals surface area contributed by atoms with Crippen molar-refractivity contribution in [2.24, 2.45) is 24.8 Å². The maximum atomic E-state index is 12.9. The summed E-state index contributed by atoms with van der Waals surface area (Å²) in [5.74, 6) is 1.60. The van der Waals surface area contributed by atoms with E-state index in [1.807, 2.05) is 53.9 Å². The Morgan fingerprint density at radius 2 is 2.06 bits per heavy atom.